The van der Waals surface area contributed by atoms with Crippen LogP contribution in [-0.4, -0.2) is 30.4 Å². The van der Waals surface area contributed by atoms with Crippen molar-refractivity contribution >= 4 is 11.6 Å². The molecule has 0 bridgehead atoms. The van der Waals surface area contributed by atoms with Crippen LogP contribution in [0.2, 0.25) is 0 Å². The van der Waals surface area contributed by atoms with E-state index in [9.17, 15) is 4.79 Å². The Bertz CT molecular complexity index is 911. The number of para-hydroxylation sites is 1. The van der Waals surface area contributed by atoms with Gasteiger partial charge in [-0.1, -0.05) is 72.8 Å². The van der Waals surface area contributed by atoms with Crippen LogP contribution >= 0.6 is 0 Å². The van der Waals surface area contributed by atoms with Crippen molar-refractivity contribution in [1.29, 1.82) is 0 Å². The molecule has 1 heterocycles. The van der Waals surface area contributed by atoms with Gasteiger partial charge in [-0.05, 0) is 55.1 Å². The number of amides is 1. The number of hydrogen-bond acceptors (Lipinski definition) is 3. The molecule has 0 atom stereocenters. The molecule has 30 heavy (non-hydrogen) atoms. The van der Waals surface area contributed by atoms with E-state index in [1.807, 2.05) is 12.1 Å². The first-order valence-electron chi connectivity index (χ1n) is 10.7. The van der Waals surface area contributed by atoms with Gasteiger partial charge in [-0.2, -0.15) is 0 Å². The van der Waals surface area contributed by atoms with Crippen LogP contribution in [0.15, 0.2) is 84.9 Å². The standard InChI is InChI=1S/C26H29N3O/c27-24-14-8-7-13-23(24)26(30)28-19-20-15-17-29(18-16-20)25(21-9-3-1-4-10-21)22-11-5-2-6-12-22/h1-14,20,25H,15-19,27H2,(H,28,30). The third-order valence-electron chi connectivity index (χ3n) is 6.00. The molecule has 4 nitrogen and oxygen atoms in total. The number of nitrogen functional groups attached to an aromatic ring is 1. The van der Waals surface area contributed by atoms with E-state index < -0.39 is 0 Å². The molecule has 3 aromatic rings. The molecule has 4 rings (SSSR count). The Morgan fingerprint density at radius 2 is 1.40 bits per heavy atom. The summed E-state index contributed by atoms with van der Waals surface area (Å²) in [4.78, 5) is 15.0. The zero-order valence-electron chi connectivity index (χ0n) is 17.2. The molecule has 0 unspecified atom stereocenters. The summed E-state index contributed by atoms with van der Waals surface area (Å²) in [5.41, 5.74) is 9.67. The van der Waals surface area contributed by atoms with Crippen molar-refractivity contribution in [2.45, 2.75) is 18.9 Å². The maximum atomic E-state index is 12.4. The van der Waals surface area contributed by atoms with Gasteiger partial charge in [-0.25, -0.2) is 0 Å². The number of nitrogens with zero attached hydrogens (tertiary/aromatic N) is 1. The van der Waals surface area contributed by atoms with Gasteiger partial charge >= 0.3 is 0 Å². The lowest BCUT2D eigenvalue weighted by Crippen LogP contribution is -2.40. The number of carbonyl (C=O) groups excluding carboxylic acids is 1. The quantitative estimate of drug-likeness (QED) is 0.600. The van der Waals surface area contributed by atoms with Gasteiger partial charge in [-0.15, -0.1) is 0 Å². The summed E-state index contributed by atoms with van der Waals surface area (Å²) in [6.07, 6.45) is 2.14. The van der Waals surface area contributed by atoms with E-state index in [1.54, 1.807) is 12.1 Å². The predicted octanol–water partition coefficient (Wildman–Crippen LogP) is 4.50. The van der Waals surface area contributed by atoms with Gasteiger partial charge < -0.3 is 11.1 Å². The SMILES string of the molecule is Nc1ccccc1C(=O)NCC1CCN(C(c2ccccc2)c2ccccc2)CC1. The summed E-state index contributed by atoms with van der Waals surface area (Å²) in [7, 11) is 0. The second-order valence-corrected chi connectivity index (χ2v) is 8.00. The van der Waals surface area contributed by atoms with E-state index in [1.165, 1.54) is 11.1 Å². The first-order chi connectivity index (χ1) is 14.7. The number of nitrogens with two attached hydrogens (primary N) is 1. The largest absolute Gasteiger partial charge is 0.398 e. The fourth-order valence-electron chi connectivity index (χ4n) is 4.34. The molecule has 1 saturated heterocycles. The predicted molar refractivity (Wildman–Crippen MR) is 122 cm³/mol. The molecule has 1 amide bonds. The molecule has 4 heteroatoms. The van der Waals surface area contributed by atoms with Crippen LogP contribution in [0.3, 0.4) is 0 Å². The van der Waals surface area contributed by atoms with E-state index in [0.717, 1.165) is 25.9 Å². The fraction of sp³-hybridized carbons (Fsp3) is 0.269. The van der Waals surface area contributed by atoms with Crippen molar-refractivity contribution in [2.75, 3.05) is 25.4 Å². The van der Waals surface area contributed by atoms with Gasteiger partial charge in [0.1, 0.15) is 0 Å². The monoisotopic (exact) mass is 399 g/mol. The second kappa shape index (κ2) is 9.59. The molecule has 0 aliphatic carbocycles. The Morgan fingerprint density at radius 1 is 0.867 bits per heavy atom. The van der Waals surface area contributed by atoms with Crippen LogP contribution in [0, 0.1) is 5.92 Å². The zero-order valence-corrected chi connectivity index (χ0v) is 17.2. The Balaban J connectivity index is 1.38. The lowest BCUT2D eigenvalue weighted by molar-refractivity contribution is 0.0931. The molecule has 0 spiro atoms. The normalized spacial score (nSPS) is 15.2. The highest BCUT2D eigenvalue weighted by atomic mass is 16.1. The maximum Gasteiger partial charge on any atom is 0.253 e. The minimum Gasteiger partial charge on any atom is -0.398 e. The van der Waals surface area contributed by atoms with Crippen LogP contribution in [-0.2, 0) is 0 Å². The van der Waals surface area contributed by atoms with Crippen LogP contribution in [0.4, 0.5) is 5.69 Å². The summed E-state index contributed by atoms with van der Waals surface area (Å²) in [6, 6.07) is 29.0. The molecule has 0 radical (unpaired) electrons. The smallest absolute Gasteiger partial charge is 0.253 e. The third-order valence-corrected chi connectivity index (χ3v) is 6.00. The van der Waals surface area contributed by atoms with Gasteiger partial charge in [0, 0.05) is 12.2 Å². The van der Waals surface area contributed by atoms with Gasteiger partial charge in [0.15, 0.2) is 0 Å². The van der Waals surface area contributed by atoms with Gasteiger partial charge in [-0.3, -0.25) is 9.69 Å². The number of anilines is 1. The van der Waals surface area contributed by atoms with Crippen molar-refractivity contribution in [3.63, 3.8) is 0 Å². The third kappa shape index (κ3) is 4.71. The maximum absolute atomic E-state index is 12.4. The highest BCUT2D eigenvalue weighted by Gasteiger charge is 2.27. The van der Waals surface area contributed by atoms with E-state index in [0.29, 0.717) is 23.7 Å². The molecular formula is C26H29N3O. The lowest BCUT2D eigenvalue weighted by Gasteiger charge is -2.38. The molecule has 1 aliphatic rings. The molecule has 0 aromatic heterocycles. The lowest BCUT2D eigenvalue weighted by atomic mass is 9.91. The summed E-state index contributed by atoms with van der Waals surface area (Å²) in [5, 5.41) is 3.08. The van der Waals surface area contributed by atoms with E-state index in [4.69, 9.17) is 5.73 Å². The highest BCUT2D eigenvalue weighted by Crippen LogP contribution is 2.32. The van der Waals surface area contributed by atoms with Crippen molar-refractivity contribution in [2.24, 2.45) is 5.92 Å². The fourth-order valence-corrected chi connectivity index (χ4v) is 4.34. The molecule has 154 valence electrons. The first kappa shape index (κ1) is 20.2. The van der Waals surface area contributed by atoms with E-state index in [2.05, 4.69) is 70.9 Å². The summed E-state index contributed by atoms with van der Waals surface area (Å²) >= 11 is 0. The first-order valence-corrected chi connectivity index (χ1v) is 10.7. The molecule has 1 aliphatic heterocycles. The van der Waals surface area contributed by atoms with Crippen molar-refractivity contribution in [3.05, 3.63) is 102 Å². The number of benzene rings is 3. The molecule has 3 aromatic carbocycles. The average molecular weight is 400 g/mol. The van der Waals surface area contributed by atoms with Gasteiger partial charge in [0.05, 0.1) is 11.6 Å². The van der Waals surface area contributed by atoms with Gasteiger partial charge in [0.2, 0.25) is 0 Å². The number of rotatable bonds is 6. The zero-order chi connectivity index (χ0) is 20.8. The molecule has 1 fully saturated rings. The Hall–Kier alpha value is -3.11. The van der Waals surface area contributed by atoms with Gasteiger partial charge in [0.25, 0.3) is 5.91 Å². The Labute approximate surface area is 178 Å². The minimum absolute atomic E-state index is 0.0815. The molecule has 0 saturated carbocycles. The number of likely N-dealkylation sites (tertiary alicyclic amines) is 1. The number of piperidine rings is 1. The summed E-state index contributed by atoms with van der Waals surface area (Å²) < 4.78 is 0. The molecule has 3 N–H and O–H groups in total. The summed E-state index contributed by atoms with van der Waals surface area (Å²) in [6.45, 7) is 2.73. The van der Waals surface area contributed by atoms with Crippen molar-refractivity contribution in [1.82, 2.24) is 10.2 Å². The highest BCUT2D eigenvalue weighted by molar-refractivity contribution is 5.99. The van der Waals surface area contributed by atoms with Crippen LogP contribution in [0.25, 0.3) is 0 Å². The Morgan fingerprint density at radius 3 is 1.97 bits per heavy atom. The van der Waals surface area contributed by atoms with Crippen LogP contribution < -0.4 is 11.1 Å². The van der Waals surface area contributed by atoms with Crippen molar-refractivity contribution in [3.8, 4) is 0 Å². The minimum atomic E-state index is -0.0815. The number of nitrogens with one attached hydrogen (secondary N) is 1. The topological polar surface area (TPSA) is 58.4 Å². The average Bonchev–Trinajstić information content (AvgIpc) is 2.80. The molecular weight excluding hydrogens is 370 g/mol. The van der Waals surface area contributed by atoms with E-state index in [-0.39, 0.29) is 11.9 Å². The second-order valence-electron chi connectivity index (χ2n) is 8.00. The van der Waals surface area contributed by atoms with Crippen LogP contribution in [0.1, 0.15) is 40.4 Å². The van der Waals surface area contributed by atoms with E-state index >= 15 is 0 Å². The van der Waals surface area contributed by atoms with Crippen LogP contribution in [0.5, 0.6) is 0 Å². The Kier molecular flexibility index (Phi) is 6.45. The van der Waals surface area contributed by atoms with Crippen molar-refractivity contribution < 1.29 is 4.79 Å². The summed E-state index contributed by atoms with van der Waals surface area (Å²) in [5.74, 6) is 0.407. The number of carbonyl (C=O) groups is 1. The number of hydrogen-bond donors (Lipinski definition) is 2.